The Kier molecular flexibility index (Phi) is 6.52. The lowest BCUT2D eigenvalue weighted by Gasteiger charge is -2.14. The number of ether oxygens (including phenoxy) is 1. The first-order valence-corrected chi connectivity index (χ1v) is 10.7. The Morgan fingerprint density at radius 3 is 2.44 bits per heavy atom. The van der Waals surface area contributed by atoms with Crippen LogP contribution in [-0.2, 0) is 6.54 Å². The second-order valence-electron chi connectivity index (χ2n) is 7.39. The molecular weight excluding hydrogens is 424 g/mol. The summed E-state index contributed by atoms with van der Waals surface area (Å²) in [5, 5.41) is 8.32. The fourth-order valence-electron chi connectivity index (χ4n) is 3.15. The third-order valence-electron chi connectivity index (χ3n) is 4.92. The molecule has 3 aromatic carbocycles. The predicted octanol–water partition coefficient (Wildman–Crippen LogP) is 5.63. The first kappa shape index (κ1) is 21.6. The number of aryl methyl sites for hydroxylation is 1. The predicted molar refractivity (Wildman–Crippen MR) is 126 cm³/mol. The van der Waals surface area contributed by atoms with Crippen molar-refractivity contribution in [3.8, 4) is 17.1 Å². The molecule has 0 saturated heterocycles. The lowest BCUT2D eigenvalue weighted by Crippen LogP contribution is -2.31. The van der Waals surface area contributed by atoms with Crippen LogP contribution in [0.5, 0.6) is 5.75 Å². The van der Waals surface area contributed by atoms with E-state index in [0.717, 1.165) is 16.7 Å². The zero-order valence-electron chi connectivity index (χ0n) is 17.8. The molecule has 1 unspecified atom stereocenters. The van der Waals surface area contributed by atoms with Crippen molar-refractivity contribution in [1.29, 1.82) is 0 Å². The van der Waals surface area contributed by atoms with Crippen molar-refractivity contribution in [3.63, 3.8) is 0 Å². The van der Waals surface area contributed by atoms with Crippen molar-refractivity contribution in [3.05, 3.63) is 95.0 Å². The number of hydrogen-bond donors (Lipinski definition) is 1. The second kappa shape index (κ2) is 9.66. The average molecular weight is 447 g/mol. The Morgan fingerprint density at radius 1 is 1.03 bits per heavy atom. The molecule has 0 aliphatic heterocycles. The molecule has 0 fully saturated rings. The van der Waals surface area contributed by atoms with Crippen LogP contribution in [0, 0.1) is 6.92 Å². The van der Waals surface area contributed by atoms with Crippen molar-refractivity contribution in [2.75, 3.05) is 5.32 Å². The highest BCUT2D eigenvalue weighted by molar-refractivity contribution is 6.31. The zero-order valence-corrected chi connectivity index (χ0v) is 18.6. The minimum absolute atomic E-state index is 0.328. The van der Waals surface area contributed by atoms with Gasteiger partial charge < -0.3 is 10.1 Å². The normalized spacial score (nSPS) is 11.7. The summed E-state index contributed by atoms with van der Waals surface area (Å²) in [6.45, 7) is 4.10. The standard InChI is InChI=1S/C25H23ClN4O2/c1-17-12-14-19(15-13-17)23-28-25(27-16-20-8-6-7-11-22(20)26)30(29-23)24(31)18(2)32-21-9-4-3-5-10-21/h3-15,18H,16H2,1-2H3,(H,27,28,29). The number of carbonyl (C=O) groups excluding carboxylic acids is 1. The molecule has 1 N–H and O–H groups in total. The highest BCUT2D eigenvalue weighted by Gasteiger charge is 2.23. The van der Waals surface area contributed by atoms with Gasteiger partial charge in [-0.25, -0.2) is 0 Å². The Balaban J connectivity index is 1.63. The highest BCUT2D eigenvalue weighted by atomic mass is 35.5. The smallest absolute Gasteiger partial charge is 0.290 e. The average Bonchev–Trinajstić information content (AvgIpc) is 3.23. The van der Waals surface area contributed by atoms with Crippen molar-refractivity contribution in [1.82, 2.24) is 14.8 Å². The number of rotatable bonds is 7. The van der Waals surface area contributed by atoms with E-state index < -0.39 is 6.10 Å². The number of anilines is 1. The van der Waals surface area contributed by atoms with Crippen LogP contribution in [0.15, 0.2) is 78.9 Å². The van der Waals surface area contributed by atoms with Gasteiger partial charge in [0.15, 0.2) is 11.9 Å². The lowest BCUT2D eigenvalue weighted by molar-refractivity contribution is 0.0713. The topological polar surface area (TPSA) is 69.0 Å². The van der Waals surface area contributed by atoms with Crippen LogP contribution in [0.3, 0.4) is 0 Å². The Labute approximate surface area is 191 Å². The van der Waals surface area contributed by atoms with Gasteiger partial charge in [-0.15, -0.1) is 5.10 Å². The Morgan fingerprint density at radius 2 is 1.72 bits per heavy atom. The summed E-state index contributed by atoms with van der Waals surface area (Å²) in [5.74, 6) is 1.06. The summed E-state index contributed by atoms with van der Waals surface area (Å²) in [4.78, 5) is 17.8. The van der Waals surface area contributed by atoms with Gasteiger partial charge >= 0.3 is 0 Å². The fourth-order valence-corrected chi connectivity index (χ4v) is 3.35. The number of halogens is 1. The number of nitrogens with zero attached hydrogens (tertiary/aromatic N) is 3. The van der Waals surface area contributed by atoms with E-state index in [1.807, 2.05) is 73.7 Å². The van der Waals surface area contributed by atoms with E-state index in [4.69, 9.17) is 16.3 Å². The van der Waals surface area contributed by atoms with E-state index in [9.17, 15) is 4.79 Å². The Bertz CT molecular complexity index is 1210. The fraction of sp³-hybridized carbons (Fsp3) is 0.160. The van der Waals surface area contributed by atoms with Crippen LogP contribution < -0.4 is 10.1 Å². The van der Waals surface area contributed by atoms with Crippen molar-refractivity contribution in [2.45, 2.75) is 26.5 Å². The second-order valence-corrected chi connectivity index (χ2v) is 7.80. The van der Waals surface area contributed by atoms with E-state index in [2.05, 4.69) is 15.4 Å². The van der Waals surface area contributed by atoms with Crippen LogP contribution in [0.4, 0.5) is 5.95 Å². The molecule has 1 atom stereocenters. The summed E-state index contributed by atoms with van der Waals surface area (Å²) in [6.07, 6.45) is -0.758. The molecule has 32 heavy (non-hydrogen) atoms. The third-order valence-corrected chi connectivity index (χ3v) is 5.29. The molecule has 4 rings (SSSR count). The van der Waals surface area contributed by atoms with Crippen molar-refractivity contribution >= 4 is 23.5 Å². The number of aromatic nitrogens is 3. The van der Waals surface area contributed by atoms with Gasteiger partial charge in [-0.05, 0) is 37.6 Å². The van der Waals surface area contributed by atoms with Gasteiger partial charge in [0.2, 0.25) is 5.95 Å². The number of hydrogen-bond acceptors (Lipinski definition) is 5. The van der Waals surface area contributed by atoms with Gasteiger partial charge in [0, 0.05) is 17.1 Å². The molecule has 0 saturated carbocycles. The van der Waals surface area contributed by atoms with Gasteiger partial charge in [-0.2, -0.15) is 9.67 Å². The minimum Gasteiger partial charge on any atom is -0.481 e. The minimum atomic E-state index is -0.758. The van der Waals surface area contributed by atoms with Gasteiger partial charge in [-0.1, -0.05) is 77.8 Å². The molecule has 0 radical (unpaired) electrons. The number of benzene rings is 3. The maximum Gasteiger partial charge on any atom is 0.290 e. The molecular formula is C25H23ClN4O2. The lowest BCUT2D eigenvalue weighted by atomic mass is 10.1. The molecule has 1 aromatic heterocycles. The SMILES string of the molecule is Cc1ccc(-c2nc(NCc3ccccc3Cl)n(C(=O)C(C)Oc3ccccc3)n2)cc1. The molecule has 0 amide bonds. The molecule has 1 heterocycles. The van der Waals surface area contributed by atoms with Gasteiger partial charge in [0.05, 0.1) is 0 Å². The van der Waals surface area contributed by atoms with Crippen LogP contribution in [-0.4, -0.2) is 26.8 Å². The first-order valence-electron chi connectivity index (χ1n) is 10.3. The van der Waals surface area contributed by atoms with Gasteiger partial charge in [0.1, 0.15) is 5.75 Å². The van der Waals surface area contributed by atoms with Crippen LogP contribution in [0.1, 0.15) is 22.8 Å². The maximum atomic E-state index is 13.2. The number of carbonyl (C=O) groups is 1. The van der Waals surface area contributed by atoms with E-state index in [1.54, 1.807) is 19.1 Å². The molecule has 0 bridgehead atoms. The summed E-state index contributed by atoms with van der Waals surface area (Å²) < 4.78 is 7.07. The summed E-state index contributed by atoms with van der Waals surface area (Å²) in [5.41, 5.74) is 2.84. The summed E-state index contributed by atoms with van der Waals surface area (Å²) in [6, 6.07) is 24.6. The molecule has 162 valence electrons. The quantitative estimate of drug-likeness (QED) is 0.398. The van der Waals surface area contributed by atoms with Gasteiger partial charge in [0.25, 0.3) is 5.91 Å². The number of para-hydroxylation sites is 1. The monoisotopic (exact) mass is 446 g/mol. The van der Waals surface area contributed by atoms with E-state index in [1.165, 1.54) is 4.68 Å². The molecule has 0 spiro atoms. The molecule has 0 aliphatic rings. The molecule has 0 aliphatic carbocycles. The van der Waals surface area contributed by atoms with Crippen LogP contribution in [0.2, 0.25) is 5.02 Å². The number of nitrogens with one attached hydrogen (secondary N) is 1. The summed E-state index contributed by atoms with van der Waals surface area (Å²) >= 11 is 6.28. The van der Waals surface area contributed by atoms with E-state index >= 15 is 0 Å². The van der Waals surface area contributed by atoms with Crippen LogP contribution in [0.25, 0.3) is 11.4 Å². The third kappa shape index (κ3) is 4.98. The van der Waals surface area contributed by atoms with E-state index in [-0.39, 0.29) is 5.91 Å². The van der Waals surface area contributed by atoms with Crippen molar-refractivity contribution < 1.29 is 9.53 Å². The molecule has 4 aromatic rings. The summed E-state index contributed by atoms with van der Waals surface area (Å²) in [7, 11) is 0. The highest BCUT2D eigenvalue weighted by Crippen LogP contribution is 2.22. The first-order chi connectivity index (χ1) is 15.5. The van der Waals surface area contributed by atoms with Gasteiger partial charge in [-0.3, -0.25) is 4.79 Å². The molecule has 7 heteroatoms. The maximum absolute atomic E-state index is 13.2. The molecule has 6 nitrogen and oxygen atoms in total. The van der Waals surface area contributed by atoms with E-state index in [0.29, 0.717) is 29.1 Å². The zero-order chi connectivity index (χ0) is 22.5. The Hall–Kier alpha value is -3.64. The largest absolute Gasteiger partial charge is 0.481 e. The van der Waals surface area contributed by atoms with Crippen molar-refractivity contribution in [2.24, 2.45) is 0 Å². The van der Waals surface area contributed by atoms with Crippen LogP contribution >= 0.6 is 11.6 Å².